The predicted molar refractivity (Wildman–Crippen MR) is 113 cm³/mol. The molecule has 0 aliphatic carbocycles. The van der Waals surface area contributed by atoms with E-state index >= 15 is 0 Å². The van der Waals surface area contributed by atoms with Gasteiger partial charge in [0.25, 0.3) is 5.56 Å². The molecule has 0 N–H and O–H groups in total. The Morgan fingerprint density at radius 1 is 1.00 bits per heavy atom. The van der Waals surface area contributed by atoms with Crippen LogP contribution >= 0.6 is 0 Å². The molecular weight excluding hydrogens is 367 g/mol. The molecule has 0 amide bonds. The smallest absolute Gasteiger partial charge is 0.261 e. The Morgan fingerprint density at radius 3 is 2.45 bits per heavy atom. The summed E-state index contributed by atoms with van der Waals surface area (Å²) in [6.07, 6.45) is 0. The van der Waals surface area contributed by atoms with Gasteiger partial charge in [0.1, 0.15) is 17.4 Å². The number of hydrogen-bond donors (Lipinski definition) is 0. The van der Waals surface area contributed by atoms with E-state index in [0.717, 1.165) is 28.0 Å². The van der Waals surface area contributed by atoms with Gasteiger partial charge in [-0.25, -0.2) is 9.37 Å². The van der Waals surface area contributed by atoms with E-state index in [1.54, 1.807) is 29.9 Å². The van der Waals surface area contributed by atoms with Crippen molar-refractivity contribution in [3.05, 3.63) is 93.5 Å². The summed E-state index contributed by atoms with van der Waals surface area (Å²) in [7, 11) is 1.64. The number of para-hydroxylation sites is 1. The van der Waals surface area contributed by atoms with Crippen LogP contribution in [0.5, 0.6) is 5.75 Å². The maximum absolute atomic E-state index is 13.3. The first-order valence-electron chi connectivity index (χ1n) is 9.37. The highest BCUT2D eigenvalue weighted by Crippen LogP contribution is 2.29. The van der Waals surface area contributed by atoms with E-state index in [2.05, 4.69) is 0 Å². The highest BCUT2D eigenvalue weighted by Gasteiger charge is 2.16. The zero-order valence-corrected chi connectivity index (χ0v) is 16.6. The van der Waals surface area contributed by atoms with Gasteiger partial charge < -0.3 is 4.74 Å². The number of aromatic nitrogens is 2. The molecule has 0 bridgehead atoms. The maximum atomic E-state index is 13.3. The van der Waals surface area contributed by atoms with E-state index < -0.39 is 0 Å². The number of nitrogens with zero attached hydrogens (tertiary/aromatic N) is 2. The molecule has 0 unspecified atom stereocenters. The van der Waals surface area contributed by atoms with Crippen molar-refractivity contribution in [3.8, 4) is 17.1 Å². The minimum atomic E-state index is -0.306. The molecule has 0 atom stereocenters. The van der Waals surface area contributed by atoms with Gasteiger partial charge in [0.05, 0.1) is 24.6 Å². The number of halogens is 1. The summed E-state index contributed by atoms with van der Waals surface area (Å²) < 4.78 is 20.4. The summed E-state index contributed by atoms with van der Waals surface area (Å²) >= 11 is 0. The van der Waals surface area contributed by atoms with Crippen molar-refractivity contribution in [3.63, 3.8) is 0 Å². The number of benzene rings is 3. The molecule has 4 aromatic rings. The number of methoxy groups -OCH3 is 1. The first-order valence-corrected chi connectivity index (χ1v) is 9.37. The first kappa shape index (κ1) is 18.9. The summed E-state index contributed by atoms with van der Waals surface area (Å²) in [6.45, 7) is 4.24. The summed E-state index contributed by atoms with van der Waals surface area (Å²) in [5, 5.41) is 0.557. The van der Waals surface area contributed by atoms with E-state index in [0.29, 0.717) is 23.3 Å². The van der Waals surface area contributed by atoms with Gasteiger partial charge in [0.15, 0.2) is 0 Å². The fraction of sp³-hybridized carbons (Fsp3) is 0.167. The van der Waals surface area contributed by atoms with Crippen LogP contribution in [-0.2, 0) is 6.54 Å². The van der Waals surface area contributed by atoms with E-state index in [4.69, 9.17) is 9.72 Å². The van der Waals surface area contributed by atoms with Crippen molar-refractivity contribution in [1.82, 2.24) is 9.55 Å². The van der Waals surface area contributed by atoms with Gasteiger partial charge in [-0.05, 0) is 66.9 Å². The number of fused-ring (bicyclic) bond motifs is 1. The molecule has 0 saturated carbocycles. The SMILES string of the molecule is COc1cc(C)c(-c2nc3ccccc3c(=O)n2Cc2ccc(F)cc2)cc1C. The van der Waals surface area contributed by atoms with Gasteiger partial charge in [-0.15, -0.1) is 0 Å². The van der Waals surface area contributed by atoms with Gasteiger partial charge in [0, 0.05) is 5.56 Å². The second-order valence-electron chi connectivity index (χ2n) is 7.11. The standard InChI is InChI=1S/C24H21FN2O2/c1-15-13-22(29-3)16(2)12-20(15)23-26-21-7-5-4-6-19(21)24(28)27(23)14-17-8-10-18(25)11-9-17/h4-13H,14H2,1-3H3. The monoisotopic (exact) mass is 388 g/mol. The molecule has 4 rings (SSSR count). The molecule has 0 aliphatic heterocycles. The predicted octanol–water partition coefficient (Wildman–Crippen LogP) is 4.88. The highest BCUT2D eigenvalue weighted by molar-refractivity contribution is 5.80. The third-order valence-electron chi connectivity index (χ3n) is 5.10. The number of rotatable bonds is 4. The second kappa shape index (κ2) is 7.51. The fourth-order valence-electron chi connectivity index (χ4n) is 3.54. The van der Waals surface area contributed by atoms with Crippen LogP contribution in [0.4, 0.5) is 4.39 Å². The van der Waals surface area contributed by atoms with E-state index in [1.165, 1.54) is 12.1 Å². The third-order valence-corrected chi connectivity index (χ3v) is 5.10. The third kappa shape index (κ3) is 3.51. The number of ether oxygens (including phenoxy) is 1. The lowest BCUT2D eigenvalue weighted by Gasteiger charge is -2.17. The van der Waals surface area contributed by atoms with Crippen molar-refractivity contribution >= 4 is 10.9 Å². The molecule has 29 heavy (non-hydrogen) atoms. The van der Waals surface area contributed by atoms with Gasteiger partial charge in [0.2, 0.25) is 0 Å². The lowest BCUT2D eigenvalue weighted by molar-refractivity contribution is 0.411. The molecular formula is C24H21FN2O2. The van der Waals surface area contributed by atoms with Crippen LogP contribution in [0, 0.1) is 19.7 Å². The average molecular weight is 388 g/mol. The molecule has 1 aromatic heterocycles. The van der Waals surface area contributed by atoms with E-state index in [1.807, 2.05) is 44.2 Å². The fourth-order valence-corrected chi connectivity index (χ4v) is 3.54. The summed E-state index contributed by atoms with van der Waals surface area (Å²) in [5.41, 5.74) is 4.15. The molecule has 0 radical (unpaired) electrons. The first-order chi connectivity index (χ1) is 14.0. The van der Waals surface area contributed by atoms with Crippen LogP contribution in [0.25, 0.3) is 22.3 Å². The Hall–Kier alpha value is -3.47. The molecule has 3 aromatic carbocycles. The molecule has 0 aliphatic rings. The van der Waals surface area contributed by atoms with Crippen molar-refractivity contribution in [1.29, 1.82) is 0 Å². The van der Waals surface area contributed by atoms with E-state index in [9.17, 15) is 9.18 Å². The van der Waals surface area contributed by atoms with Gasteiger partial charge in [-0.2, -0.15) is 0 Å². The molecule has 5 heteroatoms. The Kier molecular flexibility index (Phi) is 4.89. The summed E-state index contributed by atoms with van der Waals surface area (Å²) in [4.78, 5) is 18.2. The van der Waals surface area contributed by atoms with Crippen molar-refractivity contribution in [2.75, 3.05) is 7.11 Å². The highest BCUT2D eigenvalue weighted by atomic mass is 19.1. The van der Waals surface area contributed by atoms with Crippen LogP contribution in [0.3, 0.4) is 0 Å². The average Bonchev–Trinajstić information content (AvgIpc) is 2.73. The van der Waals surface area contributed by atoms with Crippen LogP contribution < -0.4 is 10.3 Å². The van der Waals surface area contributed by atoms with Crippen molar-refractivity contribution in [2.45, 2.75) is 20.4 Å². The number of aryl methyl sites for hydroxylation is 2. The Morgan fingerprint density at radius 2 is 1.72 bits per heavy atom. The zero-order valence-electron chi connectivity index (χ0n) is 16.6. The van der Waals surface area contributed by atoms with Crippen LogP contribution in [-0.4, -0.2) is 16.7 Å². The van der Waals surface area contributed by atoms with E-state index in [-0.39, 0.29) is 11.4 Å². The second-order valence-corrected chi connectivity index (χ2v) is 7.11. The molecule has 4 nitrogen and oxygen atoms in total. The molecule has 0 spiro atoms. The topological polar surface area (TPSA) is 44.1 Å². The van der Waals surface area contributed by atoms with Crippen LogP contribution in [0.1, 0.15) is 16.7 Å². The summed E-state index contributed by atoms with van der Waals surface area (Å²) in [5.74, 6) is 1.07. The molecule has 1 heterocycles. The Labute approximate surface area is 168 Å². The summed E-state index contributed by atoms with van der Waals surface area (Å²) in [6, 6.07) is 17.4. The quantitative estimate of drug-likeness (QED) is 0.501. The Bertz CT molecular complexity index is 1260. The number of hydrogen-bond acceptors (Lipinski definition) is 3. The minimum Gasteiger partial charge on any atom is -0.496 e. The normalized spacial score (nSPS) is 11.0. The van der Waals surface area contributed by atoms with Crippen molar-refractivity contribution in [2.24, 2.45) is 0 Å². The Balaban J connectivity index is 1.98. The zero-order chi connectivity index (χ0) is 20.5. The van der Waals surface area contributed by atoms with Gasteiger partial charge >= 0.3 is 0 Å². The minimum absolute atomic E-state index is 0.122. The van der Waals surface area contributed by atoms with Gasteiger partial charge in [-0.3, -0.25) is 9.36 Å². The lowest BCUT2D eigenvalue weighted by atomic mass is 10.0. The van der Waals surface area contributed by atoms with Crippen molar-refractivity contribution < 1.29 is 9.13 Å². The maximum Gasteiger partial charge on any atom is 0.261 e. The van der Waals surface area contributed by atoms with Crippen LogP contribution in [0.15, 0.2) is 65.5 Å². The van der Waals surface area contributed by atoms with Crippen LogP contribution in [0.2, 0.25) is 0 Å². The van der Waals surface area contributed by atoms with Gasteiger partial charge in [-0.1, -0.05) is 24.3 Å². The molecule has 0 fully saturated rings. The molecule has 146 valence electrons. The molecule has 0 saturated heterocycles. The lowest BCUT2D eigenvalue weighted by Crippen LogP contribution is -2.24. The largest absolute Gasteiger partial charge is 0.496 e.